The van der Waals surface area contributed by atoms with Crippen molar-refractivity contribution in [2.24, 2.45) is 5.73 Å². The van der Waals surface area contributed by atoms with Gasteiger partial charge in [-0.3, -0.25) is 4.79 Å². The van der Waals surface area contributed by atoms with Crippen LogP contribution in [0.2, 0.25) is 0 Å². The molecular weight excluding hydrogens is 347 g/mol. The number of hydrazine groups is 1. The van der Waals surface area contributed by atoms with Crippen LogP contribution in [-0.2, 0) is 11.3 Å². The summed E-state index contributed by atoms with van der Waals surface area (Å²) in [5, 5.41) is 6.80. The Balaban J connectivity index is 1.73. The van der Waals surface area contributed by atoms with Gasteiger partial charge in [-0.25, -0.2) is 19.9 Å². The second kappa shape index (κ2) is 7.09. The molecule has 1 saturated heterocycles. The van der Waals surface area contributed by atoms with Crippen molar-refractivity contribution in [3.63, 3.8) is 0 Å². The molecule has 3 atom stereocenters. The Bertz CT molecular complexity index is 778. The summed E-state index contributed by atoms with van der Waals surface area (Å²) in [6.07, 6.45) is -0.484. The van der Waals surface area contributed by atoms with Crippen LogP contribution < -0.4 is 21.9 Å². The fourth-order valence-corrected chi connectivity index (χ4v) is 3.05. The number of nitrogens with one attached hydrogen (secondary N) is 3. The Morgan fingerprint density at radius 2 is 2.04 bits per heavy atom. The summed E-state index contributed by atoms with van der Waals surface area (Å²) in [5.41, 5.74) is 14.6. The molecule has 1 aliphatic heterocycles. The van der Waals surface area contributed by atoms with E-state index in [1.165, 1.54) is 12.1 Å². The number of alkyl halides is 1. The molecule has 0 bridgehead atoms. The number of benzene rings is 1. The van der Waals surface area contributed by atoms with Gasteiger partial charge in [0.2, 0.25) is 5.91 Å². The molecular formula is C16H20ClFN6O. The molecule has 134 valence electrons. The highest BCUT2D eigenvalue weighted by molar-refractivity contribution is 6.23. The quantitative estimate of drug-likeness (QED) is 0.595. The molecule has 0 saturated carbocycles. The van der Waals surface area contributed by atoms with E-state index in [-0.39, 0.29) is 11.7 Å². The van der Waals surface area contributed by atoms with E-state index in [4.69, 9.17) is 17.3 Å². The number of hydrogen-bond acceptors (Lipinski definition) is 5. The number of carbonyl (C=O) groups is 1. The average molecular weight is 367 g/mol. The number of nitrogens with two attached hydrogens (primary N) is 1. The maximum Gasteiger partial charge on any atom is 0.240 e. The summed E-state index contributed by atoms with van der Waals surface area (Å²) in [4.78, 5) is 12.3. The van der Waals surface area contributed by atoms with E-state index < -0.39 is 17.6 Å². The number of aromatic nitrogens is 2. The van der Waals surface area contributed by atoms with Crippen molar-refractivity contribution < 1.29 is 9.18 Å². The Morgan fingerprint density at radius 1 is 1.36 bits per heavy atom. The minimum Gasteiger partial charge on any atom is -0.350 e. The zero-order valence-electron chi connectivity index (χ0n) is 13.9. The predicted octanol–water partition coefficient (Wildman–Crippen LogP) is 0.613. The minimum absolute atomic E-state index is 0.242. The first-order valence-electron chi connectivity index (χ1n) is 7.88. The van der Waals surface area contributed by atoms with Crippen LogP contribution in [-0.4, -0.2) is 33.3 Å². The van der Waals surface area contributed by atoms with Gasteiger partial charge in [0.25, 0.3) is 0 Å². The Kier molecular flexibility index (Phi) is 5.05. The topological polar surface area (TPSA) is 97.0 Å². The second-order valence-corrected chi connectivity index (χ2v) is 6.50. The molecule has 0 radical (unpaired) electrons. The summed E-state index contributed by atoms with van der Waals surface area (Å²) >= 11 is 6.11. The standard InChI is InChI=1S/C16H20ClFN6O/c1-8-12(7-20-16(25)14-13(17)15(19)22-21-14)9(2)24(23-8)11-5-3-10(18)4-6-11/h3-6,13-15,21-22H,7,19H2,1-2H3,(H,20,25). The molecule has 2 aromatic rings. The molecule has 5 N–H and O–H groups in total. The molecule has 3 unspecified atom stereocenters. The Labute approximate surface area is 149 Å². The number of nitrogens with zero attached hydrogens (tertiary/aromatic N) is 2. The molecule has 1 aromatic carbocycles. The van der Waals surface area contributed by atoms with Gasteiger partial charge < -0.3 is 11.1 Å². The Morgan fingerprint density at radius 3 is 2.64 bits per heavy atom. The van der Waals surface area contributed by atoms with Crippen LogP contribution >= 0.6 is 11.6 Å². The maximum atomic E-state index is 13.1. The fraction of sp³-hybridized carbons (Fsp3) is 0.375. The number of amides is 1. The minimum atomic E-state index is -0.607. The van der Waals surface area contributed by atoms with Gasteiger partial charge in [0.15, 0.2) is 0 Å². The number of carbonyl (C=O) groups excluding carboxylic acids is 1. The van der Waals surface area contributed by atoms with Crippen molar-refractivity contribution in [3.8, 4) is 5.69 Å². The van der Waals surface area contributed by atoms with E-state index in [0.717, 1.165) is 22.6 Å². The van der Waals surface area contributed by atoms with Crippen molar-refractivity contribution in [3.05, 3.63) is 47.0 Å². The van der Waals surface area contributed by atoms with Crippen LogP contribution in [0.1, 0.15) is 17.0 Å². The molecule has 2 heterocycles. The van der Waals surface area contributed by atoms with Crippen LogP contribution in [0.15, 0.2) is 24.3 Å². The van der Waals surface area contributed by atoms with E-state index in [1.807, 2.05) is 13.8 Å². The summed E-state index contributed by atoms with van der Waals surface area (Å²) in [6.45, 7) is 4.08. The maximum absolute atomic E-state index is 13.1. The van der Waals surface area contributed by atoms with Gasteiger partial charge in [-0.15, -0.1) is 11.6 Å². The lowest BCUT2D eigenvalue weighted by atomic mass is 10.1. The van der Waals surface area contributed by atoms with E-state index in [0.29, 0.717) is 6.54 Å². The van der Waals surface area contributed by atoms with E-state index in [2.05, 4.69) is 21.3 Å². The average Bonchev–Trinajstić information content (AvgIpc) is 3.06. The van der Waals surface area contributed by atoms with Gasteiger partial charge in [-0.2, -0.15) is 5.10 Å². The number of halogens is 2. The van der Waals surface area contributed by atoms with Gasteiger partial charge in [-0.05, 0) is 38.1 Å². The molecule has 1 aliphatic rings. The van der Waals surface area contributed by atoms with Gasteiger partial charge in [-0.1, -0.05) is 0 Å². The summed E-state index contributed by atoms with van der Waals surface area (Å²) in [7, 11) is 0. The fourth-order valence-electron chi connectivity index (χ4n) is 2.81. The molecule has 1 aromatic heterocycles. The molecule has 1 amide bonds. The number of aryl methyl sites for hydroxylation is 1. The predicted molar refractivity (Wildman–Crippen MR) is 92.5 cm³/mol. The molecule has 9 heteroatoms. The smallest absolute Gasteiger partial charge is 0.240 e. The van der Waals surface area contributed by atoms with E-state index in [1.54, 1.807) is 16.8 Å². The van der Waals surface area contributed by atoms with Crippen molar-refractivity contribution >= 4 is 17.5 Å². The largest absolute Gasteiger partial charge is 0.350 e. The van der Waals surface area contributed by atoms with E-state index >= 15 is 0 Å². The molecule has 3 rings (SSSR count). The van der Waals surface area contributed by atoms with Crippen LogP contribution in [0.4, 0.5) is 4.39 Å². The summed E-state index contributed by atoms with van der Waals surface area (Å²) < 4.78 is 14.8. The molecule has 1 fully saturated rings. The van der Waals surface area contributed by atoms with Gasteiger partial charge in [0.1, 0.15) is 11.9 Å². The van der Waals surface area contributed by atoms with Crippen LogP contribution in [0.5, 0.6) is 0 Å². The van der Waals surface area contributed by atoms with Gasteiger partial charge in [0, 0.05) is 17.8 Å². The third-order valence-electron chi connectivity index (χ3n) is 4.30. The van der Waals surface area contributed by atoms with Crippen molar-refractivity contribution in [2.75, 3.05) is 0 Å². The van der Waals surface area contributed by atoms with Crippen LogP contribution in [0.3, 0.4) is 0 Å². The molecule has 25 heavy (non-hydrogen) atoms. The lowest BCUT2D eigenvalue weighted by molar-refractivity contribution is -0.122. The highest BCUT2D eigenvalue weighted by Gasteiger charge is 2.36. The van der Waals surface area contributed by atoms with Gasteiger partial charge in [0.05, 0.1) is 22.9 Å². The molecule has 0 spiro atoms. The highest BCUT2D eigenvalue weighted by atomic mass is 35.5. The van der Waals surface area contributed by atoms with E-state index in [9.17, 15) is 9.18 Å². The zero-order valence-corrected chi connectivity index (χ0v) is 14.6. The lowest BCUT2D eigenvalue weighted by Crippen LogP contribution is -2.46. The van der Waals surface area contributed by atoms with Crippen molar-refractivity contribution in [1.82, 2.24) is 25.9 Å². The highest BCUT2D eigenvalue weighted by Crippen LogP contribution is 2.18. The van der Waals surface area contributed by atoms with Crippen molar-refractivity contribution in [2.45, 2.75) is 38.0 Å². The first-order chi connectivity index (χ1) is 11.9. The molecule has 7 nitrogen and oxygen atoms in total. The first kappa shape index (κ1) is 17.8. The first-order valence-corrected chi connectivity index (χ1v) is 8.31. The van der Waals surface area contributed by atoms with Crippen molar-refractivity contribution in [1.29, 1.82) is 0 Å². The van der Waals surface area contributed by atoms with Crippen LogP contribution in [0, 0.1) is 19.7 Å². The van der Waals surface area contributed by atoms with Gasteiger partial charge >= 0.3 is 0 Å². The zero-order chi connectivity index (χ0) is 18.1. The second-order valence-electron chi connectivity index (χ2n) is 5.99. The third-order valence-corrected chi connectivity index (χ3v) is 4.82. The summed E-state index contributed by atoms with van der Waals surface area (Å²) in [5.74, 6) is -0.543. The van der Waals surface area contributed by atoms with Crippen LogP contribution in [0.25, 0.3) is 5.69 Å². The normalized spacial score (nSPS) is 23.0. The monoisotopic (exact) mass is 366 g/mol. The lowest BCUT2D eigenvalue weighted by Gasteiger charge is -2.14. The molecule has 0 aliphatic carbocycles. The Hall–Kier alpha value is -2.00. The number of rotatable bonds is 4. The summed E-state index contributed by atoms with van der Waals surface area (Å²) in [6, 6.07) is 5.48. The SMILES string of the molecule is Cc1nn(-c2ccc(F)cc2)c(C)c1CNC(=O)C1NNC(N)C1Cl. The number of hydrogen-bond donors (Lipinski definition) is 4. The third kappa shape index (κ3) is 3.52.